The summed E-state index contributed by atoms with van der Waals surface area (Å²) in [5.41, 5.74) is 4.74. The van der Waals surface area contributed by atoms with Crippen LogP contribution in [0.2, 0.25) is 0 Å². The molecule has 2 heterocycles. The normalized spacial score (nSPS) is 31.7. The predicted octanol–water partition coefficient (Wildman–Crippen LogP) is 1.48. The molecule has 0 bridgehead atoms. The van der Waals surface area contributed by atoms with E-state index in [0.717, 1.165) is 18.9 Å². The van der Waals surface area contributed by atoms with Crippen molar-refractivity contribution in [1.82, 2.24) is 0 Å². The van der Waals surface area contributed by atoms with E-state index in [9.17, 15) is 13.2 Å². The van der Waals surface area contributed by atoms with E-state index in [4.69, 9.17) is 11.1 Å². The summed E-state index contributed by atoms with van der Waals surface area (Å²) in [6.45, 7) is 0. The van der Waals surface area contributed by atoms with Crippen molar-refractivity contribution in [2.75, 3.05) is 0 Å². The predicted molar refractivity (Wildman–Crippen MR) is 58.8 cm³/mol. The van der Waals surface area contributed by atoms with Crippen LogP contribution in [0.25, 0.3) is 0 Å². The Kier molecular flexibility index (Phi) is 2.02. The molecule has 0 radical (unpaired) electrons. The van der Waals surface area contributed by atoms with Crippen molar-refractivity contribution in [3.05, 3.63) is 11.6 Å². The summed E-state index contributed by atoms with van der Waals surface area (Å²) < 4.78 is 37.9. The van der Waals surface area contributed by atoms with Gasteiger partial charge in [-0.3, -0.25) is 5.41 Å². The van der Waals surface area contributed by atoms with Gasteiger partial charge in [-0.05, 0) is 5.10 Å². The number of nitrogens with one attached hydrogen (secondary N) is 1. The number of quaternary nitrogens is 1. The lowest BCUT2D eigenvalue weighted by Crippen LogP contribution is -2.55. The molecule has 0 spiro atoms. The van der Waals surface area contributed by atoms with Crippen LogP contribution in [-0.4, -0.2) is 34.4 Å². The highest BCUT2D eigenvalue weighted by molar-refractivity contribution is 6.08. The van der Waals surface area contributed by atoms with Crippen molar-refractivity contribution in [3.8, 4) is 0 Å². The van der Waals surface area contributed by atoms with Crippen LogP contribution < -0.4 is 5.73 Å². The number of hydrogen-bond donors (Lipinski definition) is 2. The van der Waals surface area contributed by atoms with Gasteiger partial charge < -0.3 is 5.73 Å². The van der Waals surface area contributed by atoms with Crippen molar-refractivity contribution >= 4 is 17.6 Å². The van der Waals surface area contributed by atoms with Gasteiger partial charge in [-0.15, -0.1) is 0 Å². The molecule has 5 nitrogen and oxygen atoms in total. The Labute approximate surface area is 101 Å². The van der Waals surface area contributed by atoms with Gasteiger partial charge in [0.15, 0.2) is 0 Å². The van der Waals surface area contributed by atoms with Gasteiger partial charge in [-0.1, -0.05) is 4.59 Å². The highest BCUT2D eigenvalue weighted by atomic mass is 19.4. The highest BCUT2D eigenvalue weighted by Gasteiger charge is 2.59. The lowest BCUT2D eigenvalue weighted by Gasteiger charge is -2.31. The fourth-order valence-electron chi connectivity index (χ4n) is 2.39. The number of fused-ring (bicyclic) bond motifs is 1. The van der Waals surface area contributed by atoms with E-state index in [-0.39, 0.29) is 28.3 Å². The first-order chi connectivity index (χ1) is 8.34. The minimum Gasteiger partial charge on any atom is -0.363 e. The molecule has 0 amide bonds. The average molecular weight is 258 g/mol. The summed E-state index contributed by atoms with van der Waals surface area (Å²) in [4.78, 5) is 3.86. The van der Waals surface area contributed by atoms with Crippen molar-refractivity contribution in [3.63, 3.8) is 0 Å². The molecule has 1 unspecified atom stereocenters. The molecular formula is C10H11F3N5+. The Morgan fingerprint density at radius 3 is 2.61 bits per heavy atom. The molecule has 0 aromatic rings. The quantitative estimate of drug-likeness (QED) is 0.687. The van der Waals surface area contributed by atoms with Crippen molar-refractivity contribution in [2.45, 2.75) is 31.5 Å². The highest BCUT2D eigenvalue weighted by Crippen LogP contribution is 2.43. The zero-order chi connectivity index (χ0) is 13.1. The van der Waals surface area contributed by atoms with Crippen LogP contribution in [-0.2, 0) is 0 Å². The van der Waals surface area contributed by atoms with Gasteiger partial charge in [0.05, 0.1) is 12.0 Å². The van der Waals surface area contributed by atoms with Crippen molar-refractivity contribution in [2.24, 2.45) is 15.8 Å². The van der Waals surface area contributed by atoms with E-state index in [1.54, 1.807) is 0 Å². The number of rotatable bonds is 1. The third-order valence-corrected chi connectivity index (χ3v) is 3.35. The zero-order valence-electron chi connectivity index (χ0n) is 9.33. The Bertz CT molecular complexity index is 526. The topological polar surface area (TPSA) is 74.6 Å². The smallest absolute Gasteiger partial charge is 0.363 e. The van der Waals surface area contributed by atoms with Crippen LogP contribution in [0.3, 0.4) is 0 Å². The molecule has 3 N–H and O–H groups in total. The molecule has 0 aromatic heterocycles. The van der Waals surface area contributed by atoms with E-state index < -0.39 is 18.2 Å². The number of nitrogens with two attached hydrogens (primary N) is 1. The zero-order valence-corrected chi connectivity index (χ0v) is 9.33. The molecule has 1 fully saturated rings. The molecule has 1 aliphatic carbocycles. The average Bonchev–Trinajstić information content (AvgIpc) is 3.01. The number of halogens is 3. The first kappa shape index (κ1) is 11.4. The lowest BCUT2D eigenvalue weighted by molar-refractivity contribution is -0.766. The number of hydrogen-bond acceptors (Lipinski definition) is 4. The van der Waals surface area contributed by atoms with Gasteiger partial charge >= 0.3 is 6.18 Å². The molecule has 0 aromatic carbocycles. The number of alkyl halides is 3. The fraction of sp³-hybridized carbons (Fsp3) is 0.500. The Morgan fingerprint density at radius 1 is 1.39 bits per heavy atom. The van der Waals surface area contributed by atoms with Gasteiger partial charge in [0.2, 0.25) is 5.84 Å². The summed E-state index contributed by atoms with van der Waals surface area (Å²) in [6, 6.07) is 0.0170. The Morgan fingerprint density at radius 2 is 2.06 bits per heavy atom. The van der Waals surface area contributed by atoms with Gasteiger partial charge in [0, 0.05) is 18.9 Å². The van der Waals surface area contributed by atoms with Crippen molar-refractivity contribution in [1.29, 1.82) is 5.41 Å². The van der Waals surface area contributed by atoms with E-state index in [1.807, 2.05) is 0 Å². The molecule has 1 saturated carbocycles. The van der Waals surface area contributed by atoms with Gasteiger partial charge in [0.1, 0.15) is 6.04 Å². The summed E-state index contributed by atoms with van der Waals surface area (Å²) in [5.74, 6) is -0.0357. The summed E-state index contributed by atoms with van der Waals surface area (Å²) in [7, 11) is 0. The third-order valence-electron chi connectivity index (χ3n) is 3.35. The number of nitrogens with zero attached hydrogens (tertiary/aromatic N) is 3. The molecule has 96 valence electrons. The second-order valence-electron chi connectivity index (χ2n) is 4.64. The number of aliphatic imine (C=N–C) groups is 1. The molecule has 3 rings (SSSR count). The lowest BCUT2D eigenvalue weighted by atomic mass is 10.0. The first-order valence-electron chi connectivity index (χ1n) is 5.53. The standard InChI is InChI=1S/C10H11F3N5/c11-10(12,13)5-3-7(14)18(6-1-2-6)8(4-5)16-9(15)17-18/h4,6,14H,1-3H2,(H2,15,17)/q+1. The minimum atomic E-state index is -4.44. The molecule has 0 saturated heterocycles. The molecule has 3 aliphatic rings. The molecule has 18 heavy (non-hydrogen) atoms. The molecule has 1 atom stereocenters. The molecule has 2 aliphatic heterocycles. The van der Waals surface area contributed by atoms with Gasteiger partial charge in [-0.2, -0.15) is 18.2 Å². The second kappa shape index (κ2) is 3.19. The summed E-state index contributed by atoms with van der Waals surface area (Å²) >= 11 is 0. The van der Waals surface area contributed by atoms with Crippen LogP contribution in [0.15, 0.2) is 21.7 Å². The third kappa shape index (κ3) is 1.41. The van der Waals surface area contributed by atoms with E-state index in [2.05, 4.69) is 10.1 Å². The Balaban J connectivity index is 2.10. The van der Waals surface area contributed by atoms with Crippen LogP contribution in [0.5, 0.6) is 0 Å². The van der Waals surface area contributed by atoms with Crippen LogP contribution in [0.4, 0.5) is 13.2 Å². The van der Waals surface area contributed by atoms with E-state index in [0.29, 0.717) is 0 Å². The SMILES string of the molecule is N=C1CC(C(F)(F)F)=CC2=NC(N)=N[N+]12C1CC1. The minimum absolute atomic E-state index is 0.0170. The number of amidine groups is 2. The molecular weight excluding hydrogens is 247 g/mol. The van der Waals surface area contributed by atoms with Crippen LogP contribution in [0.1, 0.15) is 19.3 Å². The van der Waals surface area contributed by atoms with E-state index >= 15 is 0 Å². The van der Waals surface area contributed by atoms with Gasteiger partial charge in [-0.25, -0.2) is 0 Å². The largest absolute Gasteiger partial charge is 0.413 e. The van der Waals surface area contributed by atoms with Crippen LogP contribution >= 0.6 is 0 Å². The summed E-state index contributed by atoms with van der Waals surface area (Å²) in [6.07, 6.45) is -2.25. The fourth-order valence-corrected chi connectivity index (χ4v) is 2.39. The number of guanidine groups is 1. The van der Waals surface area contributed by atoms with E-state index in [1.165, 1.54) is 0 Å². The van der Waals surface area contributed by atoms with Crippen LogP contribution in [0, 0.1) is 5.41 Å². The maximum Gasteiger partial charge on any atom is 0.413 e. The Hall–Kier alpha value is -1.70. The molecule has 8 heteroatoms. The van der Waals surface area contributed by atoms with Gasteiger partial charge in [0.25, 0.3) is 11.8 Å². The summed E-state index contributed by atoms with van der Waals surface area (Å²) in [5, 5.41) is 12.0. The maximum absolute atomic E-state index is 12.7. The second-order valence-corrected chi connectivity index (χ2v) is 4.64. The maximum atomic E-state index is 12.7. The first-order valence-corrected chi connectivity index (χ1v) is 5.53. The van der Waals surface area contributed by atoms with Crippen molar-refractivity contribution < 1.29 is 17.8 Å². The monoisotopic (exact) mass is 258 g/mol.